The highest BCUT2D eigenvalue weighted by molar-refractivity contribution is 14.0. The van der Waals surface area contributed by atoms with Gasteiger partial charge in [-0.2, -0.15) is 0 Å². The maximum absolute atomic E-state index is 11.4. The Bertz CT molecular complexity index is 889. The van der Waals surface area contributed by atoms with E-state index in [1.165, 1.54) is 6.26 Å². The summed E-state index contributed by atoms with van der Waals surface area (Å²) in [7, 11) is -1.24. The molecule has 0 aliphatic carbocycles. The Hall–Kier alpha value is -1.29. The van der Waals surface area contributed by atoms with E-state index in [2.05, 4.69) is 21.7 Å². The Balaban J connectivity index is 0.00000364. The molecule has 1 aromatic carbocycles. The van der Waals surface area contributed by atoms with Crippen LogP contribution < -0.4 is 10.6 Å². The molecule has 1 heterocycles. The van der Waals surface area contributed by atoms with E-state index in [1.807, 2.05) is 39.0 Å². The van der Waals surface area contributed by atoms with Crippen LogP contribution >= 0.6 is 24.0 Å². The molecular weight excluding hydrogens is 477 g/mol. The molecule has 0 aliphatic heterocycles. The van der Waals surface area contributed by atoms with E-state index >= 15 is 0 Å². The summed E-state index contributed by atoms with van der Waals surface area (Å²) in [5.41, 5.74) is 1.85. The van der Waals surface area contributed by atoms with Crippen molar-refractivity contribution in [3.63, 3.8) is 0 Å². The zero-order valence-electron chi connectivity index (χ0n) is 16.6. The SMILES string of the molecule is CN=C(NCc1oc2ccccc2c1C)NCC(C)(C)CCS(C)(=O)=O.I. The summed E-state index contributed by atoms with van der Waals surface area (Å²) in [4.78, 5) is 4.23. The number of hydrogen-bond acceptors (Lipinski definition) is 4. The Kier molecular flexibility index (Phi) is 8.59. The molecule has 2 rings (SSSR count). The first-order valence-electron chi connectivity index (χ1n) is 8.70. The average Bonchev–Trinajstić information content (AvgIpc) is 2.89. The summed E-state index contributed by atoms with van der Waals surface area (Å²) in [6.45, 7) is 7.29. The average molecular weight is 507 g/mol. The van der Waals surface area contributed by atoms with Crippen molar-refractivity contribution in [2.75, 3.05) is 25.6 Å². The fourth-order valence-electron chi connectivity index (χ4n) is 2.65. The van der Waals surface area contributed by atoms with Gasteiger partial charge in [0.1, 0.15) is 21.2 Å². The molecule has 0 saturated heterocycles. The lowest BCUT2D eigenvalue weighted by Crippen LogP contribution is -2.42. The maximum atomic E-state index is 11.4. The highest BCUT2D eigenvalue weighted by Gasteiger charge is 2.20. The fourth-order valence-corrected chi connectivity index (χ4v) is 3.57. The molecule has 2 N–H and O–H groups in total. The first-order valence-corrected chi connectivity index (χ1v) is 10.8. The third-order valence-corrected chi connectivity index (χ3v) is 5.41. The van der Waals surface area contributed by atoms with Gasteiger partial charge in [0.25, 0.3) is 0 Å². The van der Waals surface area contributed by atoms with Gasteiger partial charge < -0.3 is 15.1 Å². The number of benzene rings is 1. The normalized spacial score (nSPS) is 12.7. The number of hydrogen-bond donors (Lipinski definition) is 2. The van der Waals surface area contributed by atoms with E-state index in [0.29, 0.717) is 25.5 Å². The van der Waals surface area contributed by atoms with Crippen molar-refractivity contribution < 1.29 is 12.8 Å². The van der Waals surface area contributed by atoms with Crippen LogP contribution in [0.4, 0.5) is 0 Å². The summed E-state index contributed by atoms with van der Waals surface area (Å²) < 4.78 is 28.6. The van der Waals surface area contributed by atoms with Crippen molar-refractivity contribution in [3.8, 4) is 0 Å². The number of nitrogens with zero attached hydrogens (tertiary/aromatic N) is 1. The number of aliphatic imine (C=N–C) groups is 1. The lowest BCUT2D eigenvalue weighted by atomic mass is 9.90. The maximum Gasteiger partial charge on any atom is 0.191 e. The van der Waals surface area contributed by atoms with Crippen molar-refractivity contribution >= 4 is 50.7 Å². The predicted octanol–water partition coefficient (Wildman–Crippen LogP) is 3.49. The highest BCUT2D eigenvalue weighted by Crippen LogP contribution is 2.24. The Labute approximate surface area is 179 Å². The van der Waals surface area contributed by atoms with Crippen LogP contribution in [0.3, 0.4) is 0 Å². The quantitative estimate of drug-likeness (QED) is 0.341. The van der Waals surface area contributed by atoms with Crippen molar-refractivity contribution in [2.24, 2.45) is 10.4 Å². The standard InChI is InChI=1S/C19H29N3O3S.HI/c1-14-15-8-6-7-9-16(15)25-17(14)12-21-18(20-4)22-13-19(2,3)10-11-26(5,23)24;/h6-9H,10-13H2,1-5H3,(H2,20,21,22);1H. The number of guanidine groups is 1. The molecule has 0 amide bonds. The number of furan rings is 1. The van der Waals surface area contributed by atoms with Crippen molar-refractivity contribution in [1.29, 1.82) is 0 Å². The van der Waals surface area contributed by atoms with E-state index < -0.39 is 9.84 Å². The largest absolute Gasteiger partial charge is 0.459 e. The summed E-state index contributed by atoms with van der Waals surface area (Å²) in [6, 6.07) is 7.97. The molecule has 0 atom stereocenters. The first kappa shape index (κ1) is 23.7. The number of nitrogens with one attached hydrogen (secondary N) is 2. The van der Waals surface area contributed by atoms with Gasteiger partial charge in [0.05, 0.1) is 12.3 Å². The zero-order chi connectivity index (χ0) is 19.4. The van der Waals surface area contributed by atoms with Crippen LogP contribution in [0.15, 0.2) is 33.7 Å². The van der Waals surface area contributed by atoms with Crippen molar-refractivity contribution in [2.45, 2.75) is 33.7 Å². The second-order valence-electron chi connectivity index (χ2n) is 7.47. The Morgan fingerprint density at radius 1 is 1.22 bits per heavy atom. The molecule has 1 aromatic heterocycles. The molecular formula is C19H30IN3O3S. The van der Waals surface area contributed by atoms with Crippen molar-refractivity contribution in [3.05, 3.63) is 35.6 Å². The lowest BCUT2D eigenvalue weighted by Gasteiger charge is -2.25. The van der Waals surface area contributed by atoms with Crippen LogP contribution in [0.2, 0.25) is 0 Å². The minimum absolute atomic E-state index is 0. The number of halogens is 1. The number of aryl methyl sites for hydroxylation is 1. The monoisotopic (exact) mass is 507 g/mol. The van der Waals surface area contributed by atoms with Gasteiger partial charge in [0.15, 0.2) is 5.96 Å². The Morgan fingerprint density at radius 2 is 1.89 bits per heavy atom. The number of fused-ring (bicyclic) bond motifs is 1. The third kappa shape index (κ3) is 7.33. The number of rotatable bonds is 7. The van der Waals surface area contributed by atoms with Gasteiger partial charge in [-0.25, -0.2) is 8.42 Å². The van der Waals surface area contributed by atoms with Gasteiger partial charge >= 0.3 is 0 Å². The van der Waals surface area contributed by atoms with Gasteiger partial charge in [0.2, 0.25) is 0 Å². The number of sulfone groups is 1. The van der Waals surface area contributed by atoms with Crippen LogP contribution in [0.25, 0.3) is 11.0 Å². The minimum atomic E-state index is -2.95. The smallest absolute Gasteiger partial charge is 0.191 e. The molecule has 27 heavy (non-hydrogen) atoms. The van der Waals surface area contributed by atoms with Crippen LogP contribution in [-0.4, -0.2) is 40.0 Å². The lowest BCUT2D eigenvalue weighted by molar-refractivity contribution is 0.348. The van der Waals surface area contributed by atoms with E-state index in [4.69, 9.17) is 4.42 Å². The summed E-state index contributed by atoms with van der Waals surface area (Å²) in [6.07, 6.45) is 1.87. The minimum Gasteiger partial charge on any atom is -0.459 e. The summed E-state index contributed by atoms with van der Waals surface area (Å²) >= 11 is 0. The van der Waals surface area contributed by atoms with Gasteiger partial charge in [0, 0.05) is 30.8 Å². The van der Waals surface area contributed by atoms with Crippen LogP contribution in [0.1, 0.15) is 31.6 Å². The summed E-state index contributed by atoms with van der Waals surface area (Å²) in [5, 5.41) is 7.65. The zero-order valence-corrected chi connectivity index (χ0v) is 19.8. The molecule has 0 unspecified atom stereocenters. The molecule has 0 bridgehead atoms. The van der Waals surface area contributed by atoms with Crippen LogP contribution in [0, 0.1) is 12.3 Å². The topological polar surface area (TPSA) is 83.7 Å². The van der Waals surface area contributed by atoms with E-state index in [-0.39, 0.29) is 35.1 Å². The van der Waals surface area contributed by atoms with Gasteiger partial charge in [-0.3, -0.25) is 4.99 Å². The van der Waals surface area contributed by atoms with E-state index in [9.17, 15) is 8.42 Å². The molecule has 0 saturated carbocycles. The molecule has 8 heteroatoms. The molecule has 152 valence electrons. The second-order valence-corrected chi connectivity index (χ2v) is 9.73. The van der Waals surface area contributed by atoms with E-state index in [1.54, 1.807) is 7.05 Å². The van der Waals surface area contributed by atoms with Crippen LogP contribution in [-0.2, 0) is 16.4 Å². The summed E-state index contributed by atoms with van der Waals surface area (Å²) in [5.74, 6) is 1.73. The highest BCUT2D eigenvalue weighted by atomic mass is 127. The van der Waals surface area contributed by atoms with Crippen molar-refractivity contribution in [1.82, 2.24) is 10.6 Å². The Morgan fingerprint density at radius 3 is 2.48 bits per heavy atom. The predicted molar refractivity (Wildman–Crippen MR) is 123 cm³/mol. The molecule has 0 aliphatic rings. The van der Waals surface area contributed by atoms with Crippen LogP contribution in [0.5, 0.6) is 0 Å². The first-order chi connectivity index (χ1) is 12.1. The molecule has 2 aromatic rings. The van der Waals surface area contributed by atoms with Gasteiger partial charge in [-0.15, -0.1) is 24.0 Å². The molecule has 0 fully saturated rings. The van der Waals surface area contributed by atoms with E-state index in [0.717, 1.165) is 22.3 Å². The van der Waals surface area contributed by atoms with Gasteiger partial charge in [-0.05, 0) is 24.8 Å². The second kappa shape index (κ2) is 9.77. The number of para-hydroxylation sites is 1. The molecule has 0 spiro atoms. The third-order valence-electron chi connectivity index (χ3n) is 4.47. The van der Waals surface area contributed by atoms with Gasteiger partial charge in [-0.1, -0.05) is 32.0 Å². The fraction of sp³-hybridized carbons (Fsp3) is 0.526. The molecule has 0 radical (unpaired) electrons. The molecule has 6 nitrogen and oxygen atoms in total.